The van der Waals surface area contributed by atoms with E-state index in [9.17, 15) is 28.6 Å². The van der Waals surface area contributed by atoms with E-state index in [1.807, 2.05) is 0 Å². The lowest BCUT2D eigenvalue weighted by atomic mass is 9.99. The first-order valence-corrected chi connectivity index (χ1v) is 10.1. The van der Waals surface area contributed by atoms with Crippen molar-refractivity contribution in [3.05, 3.63) is 58.6 Å². The largest absolute Gasteiger partial charge is 0.507 e. The zero-order valence-electron chi connectivity index (χ0n) is 16.4. The molecule has 10 heteroatoms. The highest BCUT2D eigenvalue weighted by molar-refractivity contribution is 5.99. The third-order valence-electron chi connectivity index (χ3n) is 6.18. The number of carbonyl (C=O) groups is 2. The molecule has 1 aromatic carbocycles. The van der Waals surface area contributed by atoms with Crippen LogP contribution < -0.4 is 5.32 Å². The van der Waals surface area contributed by atoms with E-state index < -0.39 is 41.5 Å². The molecule has 2 amide bonds. The van der Waals surface area contributed by atoms with E-state index in [-0.39, 0.29) is 36.0 Å². The molecule has 31 heavy (non-hydrogen) atoms. The second-order valence-electron chi connectivity index (χ2n) is 8.20. The van der Waals surface area contributed by atoms with Crippen molar-refractivity contribution in [1.29, 1.82) is 0 Å². The lowest BCUT2D eigenvalue weighted by Gasteiger charge is -2.42. The third kappa shape index (κ3) is 3.35. The molecular formula is C21H21F2N3O5. The number of halogens is 2. The Bertz CT molecular complexity index is 1020. The van der Waals surface area contributed by atoms with Crippen LogP contribution in [0.2, 0.25) is 0 Å². The average Bonchev–Trinajstić information content (AvgIpc) is 3.49. The number of fused-ring (bicyclic) bond motifs is 2. The summed E-state index contributed by atoms with van der Waals surface area (Å²) in [6.07, 6.45) is 1.16. The maximum Gasteiger partial charge on any atom is 0.276 e. The normalized spacial score (nSPS) is 27.8. The lowest BCUT2D eigenvalue weighted by molar-refractivity contribution is -0.141. The van der Waals surface area contributed by atoms with Gasteiger partial charge in [-0.3, -0.25) is 9.59 Å². The van der Waals surface area contributed by atoms with Crippen LogP contribution in [0.25, 0.3) is 0 Å². The zero-order valence-corrected chi connectivity index (χ0v) is 16.4. The second kappa shape index (κ2) is 7.31. The van der Waals surface area contributed by atoms with E-state index in [4.69, 9.17) is 4.74 Å². The summed E-state index contributed by atoms with van der Waals surface area (Å²) in [5.41, 5.74) is -0.196. The highest BCUT2D eigenvalue weighted by Crippen LogP contribution is 2.42. The average molecular weight is 433 g/mol. The number of amides is 2. The highest BCUT2D eigenvalue weighted by atomic mass is 19.1. The minimum Gasteiger partial charge on any atom is -0.507 e. The van der Waals surface area contributed by atoms with Crippen LogP contribution in [-0.2, 0) is 20.9 Å². The van der Waals surface area contributed by atoms with Gasteiger partial charge < -0.3 is 30.1 Å². The summed E-state index contributed by atoms with van der Waals surface area (Å²) >= 11 is 0. The molecule has 2 saturated heterocycles. The predicted octanol–water partition coefficient (Wildman–Crippen LogP) is 0.888. The van der Waals surface area contributed by atoms with Crippen molar-refractivity contribution < 1.29 is 33.3 Å². The van der Waals surface area contributed by atoms with Crippen LogP contribution in [0.4, 0.5) is 8.78 Å². The Morgan fingerprint density at radius 1 is 1.29 bits per heavy atom. The smallest absolute Gasteiger partial charge is 0.276 e. The highest BCUT2D eigenvalue weighted by Gasteiger charge is 2.52. The SMILES string of the molecule is O=C(NCc1ccc(F)cc1F)C1=CN2CC3OCC(C4CC4)N3C(=O)C2=C(O)C1O. The van der Waals surface area contributed by atoms with E-state index in [1.54, 1.807) is 4.90 Å². The molecule has 1 aromatic rings. The van der Waals surface area contributed by atoms with Crippen molar-refractivity contribution in [2.45, 2.75) is 37.8 Å². The van der Waals surface area contributed by atoms with Gasteiger partial charge in [0.25, 0.3) is 11.8 Å². The number of nitrogens with zero attached hydrogens (tertiary/aromatic N) is 2. The van der Waals surface area contributed by atoms with Gasteiger partial charge in [-0.15, -0.1) is 0 Å². The van der Waals surface area contributed by atoms with Gasteiger partial charge in [-0.1, -0.05) is 6.07 Å². The van der Waals surface area contributed by atoms with Crippen molar-refractivity contribution in [3.63, 3.8) is 0 Å². The molecule has 8 nitrogen and oxygen atoms in total. The number of rotatable bonds is 4. The Kier molecular flexibility index (Phi) is 4.71. The van der Waals surface area contributed by atoms with Crippen molar-refractivity contribution in [2.75, 3.05) is 13.2 Å². The van der Waals surface area contributed by atoms with Gasteiger partial charge in [-0.05, 0) is 24.8 Å². The van der Waals surface area contributed by atoms with Crippen molar-refractivity contribution >= 4 is 11.8 Å². The molecule has 1 saturated carbocycles. The summed E-state index contributed by atoms with van der Waals surface area (Å²) in [6, 6.07) is 2.94. The van der Waals surface area contributed by atoms with E-state index in [0.717, 1.165) is 18.9 Å². The summed E-state index contributed by atoms with van der Waals surface area (Å²) < 4.78 is 32.6. The molecule has 0 aromatic heterocycles. The minimum absolute atomic E-state index is 0.0450. The number of piperazine rings is 1. The maximum atomic E-state index is 13.8. The second-order valence-corrected chi connectivity index (χ2v) is 8.20. The van der Waals surface area contributed by atoms with E-state index in [2.05, 4.69) is 5.32 Å². The first-order valence-electron chi connectivity index (χ1n) is 10.1. The number of aliphatic hydroxyl groups excluding tert-OH is 2. The summed E-state index contributed by atoms with van der Waals surface area (Å²) in [5.74, 6) is -2.95. The van der Waals surface area contributed by atoms with Crippen LogP contribution in [0.5, 0.6) is 0 Å². The van der Waals surface area contributed by atoms with E-state index >= 15 is 0 Å². The fourth-order valence-corrected chi connectivity index (χ4v) is 4.37. The summed E-state index contributed by atoms with van der Waals surface area (Å²) in [4.78, 5) is 28.7. The third-order valence-corrected chi connectivity index (χ3v) is 6.18. The maximum absolute atomic E-state index is 13.8. The van der Waals surface area contributed by atoms with Crippen LogP contribution in [0, 0.1) is 17.6 Å². The first-order chi connectivity index (χ1) is 14.8. The summed E-state index contributed by atoms with van der Waals surface area (Å²) in [7, 11) is 0. The topological polar surface area (TPSA) is 102 Å². The summed E-state index contributed by atoms with van der Waals surface area (Å²) in [6.45, 7) is 0.393. The molecule has 164 valence electrons. The number of hydrogen-bond acceptors (Lipinski definition) is 6. The number of aliphatic hydroxyl groups is 2. The van der Waals surface area contributed by atoms with Gasteiger partial charge in [0.1, 0.15) is 23.4 Å². The van der Waals surface area contributed by atoms with E-state index in [1.165, 1.54) is 17.2 Å². The molecule has 3 atom stereocenters. The van der Waals surface area contributed by atoms with Crippen LogP contribution in [0.1, 0.15) is 18.4 Å². The van der Waals surface area contributed by atoms with Crippen molar-refractivity contribution in [1.82, 2.24) is 15.1 Å². The lowest BCUT2D eigenvalue weighted by Crippen LogP contribution is -2.56. The molecule has 3 heterocycles. The van der Waals surface area contributed by atoms with E-state index in [0.29, 0.717) is 18.6 Å². The molecule has 0 bridgehead atoms. The van der Waals surface area contributed by atoms with Crippen LogP contribution >= 0.6 is 0 Å². The fourth-order valence-electron chi connectivity index (χ4n) is 4.37. The Morgan fingerprint density at radius 2 is 2.06 bits per heavy atom. The monoisotopic (exact) mass is 433 g/mol. The van der Waals surface area contributed by atoms with Gasteiger partial charge in [-0.2, -0.15) is 0 Å². The zero-order chi connectivity index (χ0) is 21.9. The molecule has 3 aliphatic heterocycles. The molecule has 3 unspecified atom stereocenters. The molecule has 5 rings (SSSR count). The van der Waals surface area contributed by atoms with Crippen LogP contribution in [0.15, 0.2) is 41.4 Å². The predicted molar refractivity (Wildman–Crippen MR) is 102 cm³/mol. The number of ether oxygens (including phenoxy) is 1. The molecule has 4 aliphatic rings. The van der Waals surface area contributed by atoms with Crippen molar-refractivity contribution in [3.8, 4) is 0 Å². The van der Waals surface area contributed by atoms with Gasteiger partial charge in [0.05, 0.1) is 24.8 Å². The quantitative estimate of drug-likeness (QED) is 0.652. The van der Waals surface area contributed by atoms with Gasteiger partial charge in [0, 0.05) is 24.4 Å². The van der Waals surface area contributed by atoms with Crippen LogP contribution in [0.3, 0.4) is 0 Å². The first kappa shape index (κ1) is 20.0. The van der Waals surface area contributed by atoms with Gasteiger partial charge in [0.15, 0.2) is 12.0 Å². The molecule has 0 spiro atoms. The number of hydrogen-bond donors (Lipinski definition) is 3. The Balaban J connectivity index is 1.34. The standard InChI is InChI=1S/C21H21F2N3O5/c22-12-4-3-11(14(23)5-12)6-24-20(29)13-7-25-8-16-26(15(9-31-16)10-1-2-10)21(30)17(25)19(28)18(13)27/h3-5,7,10,15-16,18,27-28H,1-2,6,8-9H2,(H,24,29). The van der Waals surface area contributed by atoms with Crippen LogP contribution in [-0.4, -0.2) is 63.4 Å². The fraction of sp³-hybridized carbons (Fsp3) is 0.429. The van der Waals surface area contributed by atoms with Gasteiger partial charge in [0.2, 0.25) is 0 Å². The number of nitrogens with one attached hydrogen (secondary N) is 1. The Hall–Kier alpha value is -2.98. The molecule has 3 N–H and O–H groups in total. The molecule has 3 fully saturated rings. The summed E-state index contributed by atoms with van der Waals surface area (Å²) in [5, 5.41) is 23.5. The Morgan fingerprint density at radius 3 is 2.77 bits per heavy atom. The number of benzene rings is 1. The molecule has 0 radical (unpaired) electrons. The molecular weight excluding hydrogens is 412 g/mol. The van der Waals surface area contributed by atoms with Gasteiger partial charge >= 0.3 is 0 Å². The Labute approximate surface area is 176 Å². The number of carbonyl (C=O) groups excluding carboxylic acids is 2. The van der Waals surface area contributed by atoms with Crippen molar-refractivity contribution in [2.24, 2.45) is 5.92 Å². The van der Waals surface area contributed by atoms with Gasteiger partial charge in [-0.25, -0.2) is 8.78 Å². The minimum atomic E-state index is -1.70. The molecule has 1 aliphatic carbocycles.